The number of rotatable bonds is 2. The average molecular weight is 426 g/mol. The molecule has 1 atom stereocenters. The molecule has 3 heterocycles. The Bertz CT molecular complexity index is 778. The summed E-state index contributed by atoms with van der Waals surface area (Å²) < 4.78 is 62.7. The third-order valence-electron chi connectivity index (χ3n) is 4.39. The molecular weight excluding hydrogens is 405 g/mol. The van der Waals surface area contributed by atoms with Crippen molar-refractivity contribution in [3.63, 3.8) is 0 Å². The highest BCUT2D eigenvalue weighted by molar-refractivity contribution is 7.88. The molecule has 1 N–H and O–H groups in total. The van der Waals surface area contributed by atoms with Crippen LogP contribution in [0.2, 0.25) is 0 Å². The Balaban J connectivity index is 0.000000345. The molecule has 158 valence electrons. The molecule has 0 radical (unpaired) electrons. The van der Waals surface area contributed by atoms with E-state index in [0.29, 0.717) is 32.3 Å². The fourth-order valence-corrected chi connectivity index (χ4v) is 3.96. The quantitative estimate of drug-likeness (QED) is 0.732. The SMILES string of the molecule is CS(=O)(=O)N1CCOCC2(CCN(c3ncccn3)C2)C1.O=C(O)C(F)(F)F. The zero-order valence-corrected chi connectivity index (χ0v) is 15.9. The number of nitrogens with zero attached hydrogens (tertiary/aromatic N) is 4. The molecule has 9 nitrogen and oxygen atoms in total. The minimum Gasteiger partial charge on any atom is -0.475 e. The van der Waals surface area contributed by atoms with Crippen molar-refractivity contribution >= 4 is 21.9 Å². The van der Waals surface area contributed by atoms with Crippen LogP contribution in [0.3, 0.4) is 0 Å². The number of ether oxygens (including phenoxy) is 1. The summed E-state index contributed by atoms with van der Waals surface area (Å²) >= 11 is 0. The normalized spacial score (nSPS) is 23.8. The number of aromatic nitrogens is 2. The molecule has 2 aliphatic heterocycles. The van der Waals surface area contributed by atoms with Crippen LogP contribution in [-0.4, -0.2) is 85.6 Å². The Hall–Kier alpha value is -1.99. The zero-order valence-electron chi connectivity index (χ0n) is 15.1. The van der Waals surface area contributed by atoms with Gasteiger partial charge in [0.1, 0.15) is 0 Å². The molecule has 1 aromatic rings. The molecule has 0 saturated carbocycles. The number of hydrogen-bond acceptors (Lipinski definition) is 7. The van der Waals surface area contributed by atoms with Gasteiger partial charge in [0.25, 0.3) is 0 Å². The largest absolute Gasteiger partial charge is 0.490 e. The summed E-state index contributed by atoms with van der Waals surface area (Å²) in [6.45, 7) is 3.53. The number of carboxylic acid groups (broad SMARTS) is 1. The summed E-state index contributed by atoms with van der Waals surface area (Å²) in [4.78, 5) is 19.5. The third-order valence-corrected chi connectivity index (χ3v) is 5.64. The Kier molecular flexibility index (Phi) is 6.83. The lowest BCUT2D eigenvalue weighted by molar-refractivity contribution is -0.192. The van der Waals surface area contributed by atoms with Crippen molar-refractivity contribution in [2.75, 3.05) is 50.5 Å². The van der Waals surface area contributed by atoms with E-state index >= 15 is 0 Å². The molecule has 0 aliphatic carbocycles. The number of carboxylic acids is 1. The van der Waals surface area contributed by atoms with Gasteiger partial charge in [-0.3, -0.25) is 0 Å². The Labute approximate surface area is 160 Å². The van der Waals surface area contributed by atoms with Crippen LogP contribution >= 0.6 is 0 Å². The Morgan fingerprint density at radius 1 is 1.25 bits per heavy atom. The van der Waals surface area contributed by atoms with Crippen molar-refractivity contribution < 1.29 is 36.2 Å². The third kappa shape index (κ3) is 6.01. The van der Waals surface area contributed by atoms with Crippen molar-refractivity contribution in [2.24, 2.45) is 5.41 Å². The molecule has 2 saturated heterocycles. The fraction of sp³-hybridized carbons (Fsp3) is 0.667. The van der Waals surface area contributed by atoms with Gasteiger partial charge in [0.05, 0.1) is 19.5 Å². The van der Waals surface area contributed by atoms with Gasteiger partial charge in [-0.15, -0.1) is 0 Å². The molecule has 0 amide bonds. The summed E-state index contributed by atoms with van der Waals surface area (Å²) in [7, 11) is -3.19. The second-order valence-electron chi connectivity index (χ2n) is 6.67. The first kappa shape index (κ1) is 22.3. The second kappa shape index (κ2) is 8.57. The standard InChI is InChI=1S/C13H20N4O3S.C2HF3O2/c1-21(18,19)17-7-8-20-11-13(10-17)3-6-16(9-13)12-14-4-2-5-15-12;3-2(4,5)1(6)7/h2,4-5H,3,6-11H2,1H3;(H,6,7). The molecule has 3 rings (SSSR count). The van der Waals surface area contributed by atoms with Gasteiger partial charge in [0, 0.05) is 44.0 Å². The molecule has 13 heteroatoms. The highest BCUT2D eigenvalue weighted by atomic mass is 32.2. The van der Waals surface area contributed by atoms with E-state index in [2.05, 4.69) is 14.9 Å². The smallest absolute Gasteiger partial charge is 0.475 e. The maximum atomic E-state index is 11.9. The molecule has 1 spiro atoms. The van der Waals surface area contributed by atoms with E-state index in [-0.39, 0.29) is 5.41 Å². The first-order valence-electron chi connectivity index (χ1n) is 8.28. The summed E-state index contributed by atoms with van der Waals surface area (Å²) in [6, 6.07) is 1.79. The van der Waals surface area contributed by atoms with Crippen LogP contribution in [0.1, 0.15) is 6.42 Å². The van der Waals surface area contributed by atoms with Gasteiger partial charge in [-0.25, -0.2) is 23.2 Å². The van der Waals surface area contributed by atoms with Gasteiger partial charge < -0.3 is 14.7 Å². The van der Waals surface area contributed by atoms with Crippen LogP contribution in [0.4, 0.5) is 19.1 Å². The number of aliphatic carboxylic acids is 1. The first-order chi connectivity index (χ1) is 12.9. The van der Waals surface area contributed by atoms with Gasteiger partial charge in [-0.1, -0.05) is 0 Å². The van der Waals surface area contributed by atoms with Crippen LogP contribution in [0.25, 0.3) is 0 Å². The van der Waals surface area contributed by atoms with E-state index in [1.165, 1.54) is 10.6 Å². The van der Waals surface area contributed by atoms with Gasteiger partial charge in [-0.05, 0) is 12.5 Å². The molecular formula is C15H21F3N4O5S. The van der Waals surface area contributed by atoms with Gasteiger partial charge >= 0.3 is 12.1 Å². The predicted octanol–water partition coefficient (Wildman–Crippen LogP) is 0.598. The number of alkyl halides is 3. The molecule has 2 fully saturated rings. The van der Waals surface area contributed by atoms with Crippen LogP contribution in [0.15, 0.2) is 18.5 Å². The molecule has 1 aromatic heterocycles. The van der Waals surface area contributed by atoms with Crippen molar-refractivity contribution in [1.29, 1.82) is 0 Å². The van der Waals surface area contributed by atoms with Crippen LogP contribution in [0, 0.1) is 5.41 Å². The number of halogens is 3. The van der Waals surface area contributed by atoms with Gasteiger partial charge in [0.2, 0.25) is 16.0 Å². The average Bonchev–Trinajstić information content (AvgIpc) is 2.88. The van der Waals surface area contributed by atoms with Crippen molar-refractivity contribution in [3.05, 3.63) is 18.5 Å². The number of anilines is 1. The number of carbonyl (C=O) groups is 1. The lowest BCUT2D eigenvalue weighted by atomic mass is 9.88. The van der Waals surface area contributed by atoms with Crippen LogP contribution in [0.5, 0.6) is 0 Å². The Morgan fingerprint density at radius 3 is 2.39 bits per heavy atom. The van der Waals surface area contributed by atoms with Gasteiger partial charge in [-0.2, -0.15) is 17.5 Å². The summed E-state index contributed by atoms with van der Waals surface area (Å²) in [6.07, 6.45) is 0.510. The van der Waals surface area contributed by atoms with Crippen molar-refractivity contribution in [3.8, 4) is 0 Å². The summed E-state index contributed by atoms with van der Waals surface area (Å²) in [5.74, 6) is -2.06. The fourth-order valence-electron chi connectivity index (χ4n) is 3.04. The molecule has 28 heavy (non-hydrogen) atoms. The van der Waals surface area contributed by atoms with E-state index in [9.17, 15) is 21.6 Å². The van der Waals surface area contributed by atoms with Crippen LogP contribution < -0.4 is 4.90 Å². The predicted molar refractivity (Wildman–Crippen MR) is 92.2 cm³/mol. The minimum atomic E-state index is -5.08. The zero-order chi connectivity index (χ0) is 21.0. The second-order valence-corrected chi connectivity index (χ2v) is 8.65. The summed E-state index contributed by atoms with van der Waals surface area (Å²) in [5.41, 5.74) is -0.168. The molecule has 0 aromatic carbocycles. The maximum absolute atomic E-state index is 11.9. The topological polar surface area (TPSA) is 113 Å². The first-order valence-corrected chi connectivity index (χ1v) is 10.1. The van der Waals surface area contributed by atoms with Crippen molar-refractivity contribution in [1.82, 2.24) is 14.3 Å². The van der Waals surface area contributed by atoms with Crippen LogP contribution in [-0.2, 0) is 19.6 Å². The molecule has 2 aliphatic rings. The van der Waals surface area contributed by atoms with E-state index in [4.69, 9.17) is 14.6 Å². The highest BCUT2D eigenvalue weighted by Gasteiger charge is 2.43. The van der Waals surface area contributed by atoms with Crippen molar-refractivity contribution in [2.45, 2.75) is 12.6 Å². The number of hydrogen-bond donors (Lipinski definition) is 1. The number of sulfonamides is 1. The van der Waals surface area contributed by atoms with E-state index < -0.39 is 22.2 Å². The van der Waals surface area contributed by atoms with E-state index in [1.807, 2.05) is 0 Å². The molecule has 1 unspecified atom stereocenters. The monoisotopic (exact) mass is 426 g/mol. The molecule has 0 bridgehead atoms. The lowest BCUT2D eigenvalue weighted by Crippen LogP contribution is -2.43. The summed E-state index contributed by atoms with van der Waals surface area (Å²) in [5, 5.41) is 7.12. The lowest BCUT2D eigenvalue weighted by Gasteiger charge is -2.30. The highest BCUT2D eigenvalue weighted by Crippen LogP contribution is 2.35. The van der Waals surface area contributed by atoms with Gasteiger partial charge in [0.15, 0.2) is 0 Å². The Morgan fingerprint density at radius 2 is 1.86 bits per heavy atom. The van der Waals surface area contributed by atoms with E-state index in [1.54, 1.807) is 18.5 Å². The minimum absolute atomic E-state index is 0.168. The maximum Gasteiger partial charge on any atom is 0.490 e. The van der Waals surface area contributed by atoms with E-state index in [0.717, 1.165) is 19.5 Å².